The molecular weight excluding hydrogens is 320 g/mol. The predicted molar refractivity (Wildman–Crippen MR) is 116 cm³/mol. The van der Waals surface area contributed by atoms with Gasteiger partial charge in [-0.3, -0.25) is 0 Å². The molecule has 0 unspecified atom stereocenters. The molecule has 0 rings (SSSR count). The lowest BCUT2D eigenvalue weighted by Crippen LogP contribution is -2.26. The van der Waals surface area contributed by atoms with Gasteiger partial charge in [-0.05, 0) is 26.7 Å². The monoisotopic (exact) mass is 370 g/mol. The fourth-order valence-electron chi connectivity index (χ4n) is 3.42. The molecule has 0 amide bonds. The Labute approximate surface area is 165 Å². The van der Waals surface area contributed by atoms with Gasteiger partial charge in [0, 0.05) is 20.3 Å². The van der Waals surface area contributed by atoms with Gasteiger partial charge in [-0.25, -0.2) is 0 Å². The van der Waals surface area contributed by atoms with E-state index in [4.69, 9.17) is 9.47 Å². The van der Waals surface area contributed by atoms with E-state index in [0.717, 1.165) is 19.6 Å². The summed E-state index contributed by atoms with van der Waals surface area (Å²) >= 11 is 0. The van der Waals surface area contributed by atoms with E-state index >= 15 is 0 Å². The van der Waals surface area contributed by atoms with Gasteiger partial charge in [0.2, 0.25) is 0 Å². The molecule has 2 nitrogen and oxygen atoms in total. The molecule has 26 heavy (non-hydrogen) atoms. The summed E-state index contributed by atoms with van der Waals surface area (Å²) in [6, 6.07) is 0. The number of hydrogen-bond donors (Lipinski definition) is 0. The molecule has 0 atom stereocenters. The molecule has 2 heteroatoms. The van der Waals surface area contributed by atoms with Crippen molar-refractivity contribution in [3.63, 3.8) is 0 Å². The maximum Gasteiger partial charge on any atom is 0.0648 e. The van der Waals surface area contributed by atoms with Crippen molar-refractivity contribution >= 4 is 0 Å². The van der Waals surface area contributed by atoms with Crippen molar-refractivity contribution in [1.82, 2.24) is 0 Å². The molecule has 0 aromatic carbocycles. The van der Waals surface area contributed by atoms with E-state index in [0.29, 0.717) is 0 Å². The first-order chi connectivity index (χ1) is 12.6. The van der Waals surface area contributed by atoms with Crippen LogP contribution >= 0.6 is 0 Å². The van der Waals surface area contributed by atoms with E-state index in [2.05, 4.69) is 20.8 Å². The highest BCUT2D eigenvalue weighted by Crippen LogP contribution is 2.16. The third kappa shape index (κ3) is 20.2. The van der Waals surface area contributed by atoms with E-state index in [1.165, 1.54) is 103 Å². The summed E-state index contributed by atoms with van der Waals surface area (Å²) in [5, 5.41) is 0. The molecular formula is C24H50O2. The summed E-state index contributed by atoms with van der Waals surface area (Å²) in [6.07, 6.45) is 23.6. The van der Waals surface area contributed by atoms with Crippen LogP contribution in [0.15, 0.2) is 0 Å². The second-order valence-electron chi connectivity index (χ2n) is 8.65. The average Bonchev–Trinajstić information content (AvgIpc) is 2.62. The largest absolute Gasteiger partial charge is 0.385 e. The molecule has 0 aliphatic heterocycles. The first-order valence-electron chi connectivity index (χ1n) is 11.8. The van der Waals surface area contributed by atoms with Crippen molar-refractivity contribution in [2.45, 2.75) is 136 Å². The van der Waals surface area contributed by atoms with Gasteiger partial charge >= 0.3 is 0 Å². The summed E-state index contributed by atoms with van der Waals surface area (Å²) in [5.41, 5.74) is -0.0362. The molecule has 158 valence electrons. The number of rotatable bonds is 21. The summed E-state index contributed by atoms with van der Waals surface area (Å²) < 4.78 is 11.1. The smallest absolute Gasteiger partial charge is 0.0648 e. The van der Waals surface area contributed by atoms with Crippen LogP contribution in [0.25, 0.3) is 0 Å². The van der Waals surface area contributed by atoms with Crippen molar-refractivity contribution in [2.75, 3.05) is 20.3 Å². The van der Waals surface area contributed by atoms with Gasteiger partial charge in [-0.2, -0.15) is 0 Å². The highest BCUT2D eigenvalue weighted by molar-refractivity contribution is 4.67. The van der Waals surface area contributed by atoms with Crippen LogP contribution in [0.3, 0.4) is 0 Å². The Kier molecular flexibility index (Phi) is 19.6. The van der Waals surface area contributed by atoms with E-state index in [1.807, 2.05) is 0 Å². The molecule has 0 fully saturated rings. The Bertz CT molecular complexity index is 263. The zero-order valence-corrected chi connectivity index (χ0v) is 18.8. The molecule has 0 aromatic heterocycles. The first-order valence-corrected chi connectivity index (χ1v) is 11.8. The summed E-state index contributed by atoms with van der Waals surface area (Å²) in [4.78, 5) is 0. The second kappa shape index (κ2) is 19.7. The van der Waals surface area contributed by atoms with Gasteiger partial charge in [0.25, 0.3) is 0 Å². The van der Waals surface area contributed by atoms with Gasteiger partial charge in [0.15, 0.2) is 0 Å². The quantitative estimate of drug-likeness (QED) is 0.190. The van der Waals surface area contributed by atoms with E-state index in [9.17, 15) is 0 Å². The number of unbranched alkanes of at least 4 members (excludes halogenated alkanes) is 15. The summed E-state index contributed by atoms with van der Waals surface area (Å²) in [6.45, 7) is 8.30. The number of hydrogen-bond acceptors (Lipinski definition) is 2. The molecule has 0 aromatic rings. The molecule has 0 aliphatic rings. The molecule has 0 spiro atoms. The maximum absolute atomic E-state index is 5.97. The highest BCUT2D eigenvalue weighted by Gasteiger charge is 2.17. The normalized spacial score (nSPS) is 12.0. The Morgan fingerprint density at radius 1 is 0.538 bits per heavy atom. The Morgan fingerprint density at radius 2 is 0.923 bits per heavy atom. The minimum Gasteiger partial charge on any atom is -0.385 e. The molecule has 0 heterocycles. The fourth-order valence-corrected chi connectivity index (χ4v) is 3.42. The maximum atomic E-state index is 5.97. The van der Waals surface area contributed by atoms with Crippen LogP contribution in [0, 0.1) is 0 Å². The molecule has 0 radical (unpaired) electrons. The third-order valence-corrected chi connectivity index (χ3v) is 5.40. The summed E-state index contributed by atoms with van der Waals surface area (Å²) in [5.74, 6) is 0. The van der Waals surface area contributed by atoms with Gasteiger partial charge < -0.3 is 9.47 Å². The summed E-state index contributed by atoms with van der Waals surface area (Å²) in [7, 11) is 1.76. The minimum absolute atomic E-state index is 0.0362. The van der Waals surface area contributed by atoms with Crippen LogP contribution in [0.2, 0.25) is 0 Å². The SMILES string of the molecule is CCCCCCCCCCCCCCCCCCOC(C)(C)CCOC. The van der Waals surface area contributed by atoms with Crippen LogP contribution in [-0.2, 0) is 9.47 Å². The van der Waals surface area contributed by atoms with Crippen LogP contribution < -0.4 is 0 Å². The van der Waals surface area contributed by atoms with Crippen molar-refractivity contribution in [3.05, 3.63) is 0 Å². The van der Waals surface area contributed by atoms with E-state index in [1.54, 1.807) is 7.11 Å². The Balaban J connectivity index is 3.13. The van der Waals surface area contributed by atoms with E-state index < -0.39 is 0 Å². The second-order valence-corrected chi connectivity index (χ2v) is 8.65. The lowest BCUT2D eigenvalue weighted by atomic mass is 10.0. The van der Waals surface area contributed by atoms with E-state index in [-0.39, 0.29) is 5.60 Å². The van der Waals surface area contributed by atoms with Crippen LogP contribution in [0.4, 0.5) is 0 Å². The first kappa shape index (κ1) is 25.9. The van der Waals surface area contributed by atoms with Gasteiger partial charge in [0.1, 0.15) is 0 Å². The zero-order chi connectivity index (χ0) is 19.3. The molecule has 0 N–H and O–H groups in total. The van der Waals surface area contributed by atoms with Crippen molar-refractivity contribution in [3.8, 4) is 0 Å². The third-order valence-electron chi connectivity index (χ3n) is 5.40. The van der Waals surface area contributed by atoms with Gasteiger partial charge in [0.05, 0.1) is 5.60 Å². The highest BCUT2D eigenvalue weighted by atomic mass is 16.5. The minimum atomic E-state index is -0.0362. The van der Waals surface area contributed by atoms with Crippen LogP contribution in [-0.4, -0.2) is 25.9 Å². The molecule has 0 aliphatic carbocycles. The molecule has 0 saturated carbocycles. The lowest BCUT2D eigenvalue weighted by molar-refractivity contribution is -0.0378. The molecule has 0 saturated heterocycles. The zero-order valence-electron chi connectivity index (χ0n) is 18.8. The topological polar surface area (TPSA) is 18.5 Å². The standard InChI is InChI=1S/C24H50O2/c1-5-6-7-8-9-10-11-12-13-14-15-16-17-18-19-20-22-26-24(2,3)21-23-25-4/h5-23H2,1-4H3. The van der Waals surface area contributed by atoms with Crippen molar-refractivity contribution in [1.29, 1.82) is 0 Å². The lowest BCUT2D eigenvalue weighted by Gasteiger charge is -2.25. The predicted octanol–water partition coefficient (Wildman–Crippen LogP) is 8.08. The number of methoxy groups -OCH3 is 1. The van der Waals surface area contributed by atoms with Crippen LogP contribution in [0.1, 0.15) is 130 Å². The average molecular weight is 371 g/mol. The fraction of sp³-hybridized carbons (Fsp3) is 1.00. The Morgan fingerprint density at radius 3 is 1.31 bits per heavy atom. The Hall–Kier alpha value is -0.0800. The molecule has 0 bridgehead atoms. The number of ether oxygens (including phenoxy) is 2. The van der Waals surface area contributed by atoms with Gasteiger partial charge in [-0.1, -0.05) is 103 Å². The van der Waals surface area contributed by atoms with Crippen molar-refractivity contribution < 1.29 is 9.47 Å². The van der Waals surface area contributed by atoms with Gasteiger partial charge in [-0.15, -0.1) is 0 Å². The van der Waals surface area contributed by atoms with Crippen LogP contribution in [0.5, 0.6) is 0 Å². The van der Waals surface area contributed by atoms with Crippen molar-refractivity contribution in [2.24, 2.45) is 0 Å².